The summed E-state index contributed by atoms with van der Waals surface area (Å²) in [6.45, 7) is 9.90. The average Bonchev–Trinajstić information content (AvgIpc) is 3.09. The number of aryl methyl sites for hydroxylation is 3. The molecule has 158 valence electrons. The zero-order valence-corrected chi connectivity index (χ0v) is 18.8. The lowest BCUT2D eigenvalue weighted by molar-refractivity contribution is 0.628. The van der Waals surface area contributed by atoms with E-state index in [4.69, 9.17) is 9.97 Å². The summed E-state index contributed by atoms with van der Waals surface area (Å²) in [6, 6.07) is 15.4. The lowest BCUT2D eigenvalue weighted by atomic mass is 10.0. The van der Waals surface area contributed by atoms with Crippen molar-refractivity contribution >= 4 is 33.1 Å². The van der Waals surface area contributed by atoms with Gasteiger partial charge in [-0.1, -0.05) is 24.3 Å². The number of benzene rings is 2. The highest BCUT2D eigenvalue weighted by atomic mass is 32.1. The number of rotatable bonds is 3. The molecule has 31 heavy (non-hydrogen) atoms. The van der Waals surface area contributed by atoms with Gasteiger partial charge in [0.1, 0.15) is 22.3 Å². The predicted octanol–water partition coefficient (Wildman–Crippen LogP) is 5.75. The molecule has 0 amide bonds. The Labute approximate surface area is 186 Å². The van der Waals surface area contributed by atoms with E-state index in [2.05, 4.69) is 47.9 Å². The summed E-state index contributed by atoms with van der Waals surface area (Å²) in [5, 5.41) is 1.09. The Hall–Kier alpha value is -2.99. The normalized spacial score (nSPS) is 14.5. The van der Waals surface area contributed by atoms with Gasteiger partial charge in [-0.2, -0.15) is 0 Å². The number of fused-ring (bicyclic) bond motifs is 1. The standard InChI is InChI=1S/C25H25FN4S/c1-16-5-4-6-21(15-16)29-11-13-30(14-12-29)24-23-22(19-7-9-20(26)10-8-19)17(2)31-25(23)28-18(3)27-24/h4-10,15H,11-14H2,1-3H3. The predicted molar refractivity (Wildman–Crippen MR) is 128 cm³/mol. The summed E-state index contributed by atoms with van der Waals surface area (Å²) in [4.78, 5) is 16.6. The van der Waals surface area contributed by atoms with Crippen LogP contribution in [0, 0.1) is 26.6 Å². The number of piperazine rings is 1. The molecule has 4 nitrogen and oxygen atoms in total. The van der Waals surface area contributed by atoms with Crippen molar-refractivity contribution in [1.82, 2.24) is 9.97 Å². The molecule has 1 saturated heterocycles. The summed E-state index contributed by atoms with van der Waals surface area (Å²) in [5.41, 5.74) is 4.70. The fourth-order valence-electron chi connectivity index (χ4n) is 4.39. The van der Waals surface area contributed by atoms with Gasteiger partial charge in [0.15, 0.2) is 0 Å². The quantitative estimate of drug-likeness (QED) is 0.413. The van der Waals surface area contributed by atoms with Crippen molar-refractivity contribution in [2.75, 3.05) is 36.0 Å². The van der Waals surface area contributed by atoms with Gasteiger partial charge in [0, 0.05) is 42.3 Å². The van der Waals surface area contributed by atoms with E-state index in [0.717, 1.165) is 59.2 Å². The van der Waals surface area contributed by atoms with Crippen molar-refractivity contribution in [2.24, 2.45) is 0 Å². The SMILES string of the molecule is Cc1cccc(N2CCN(c3nc(C)nc4sc(C)c(-c5ccc(F)cc5)c34)CC2)c1. The molecular weight excluding hydrogens is 407 g/mol. The largest absolute Gasteiger partial charge is 0.368 e. The topological polar surface area (TPSA) is 32.3 Å². The van der Waals surface area contributed by atoms with Crippen LogP contribution < -0.4 is 9.80 Å². The minimum atomic E-state index is -0.222. The van der Waals surface area contributed by atoms with Crippen LogP contribution >= 0.6 is 11.3 Å². The molecule has 6 heteroatoms. The molecule has 0 N–H and O–H groups in total. The summed E-state index contributed by atoms with van der Waals surface area (Å²) in [5.74, 6) is 1.56. The van der Waals surface area contributed by atoms with E-state index in [-0.39, 0.29) is 5.82 Å². The molecule has 0 aliphatic carbocycles. The van der Waals surface area contributed by atoms with E-state index in [1.165, 1.54) is 28.3 Å². The molecular formula is C25H25FN4S. The van der Waals surface area contributed by atoms with Crippen LogP contribution in [0.3, 0.4) is 0 Å². The number of halogens is 1. The van der Waals surface area contributed by atoms with Crippen molar-refractivity contribution < 1.29 is 4.39 Å². The van der Waals surface area contributed by atoms with Gasteiger partial charge in [-0.25, -0.2) is 14.4 Å². The molecule has 0 atom stereocenters. The van der Waals surface area contributed by atoms with Crippen LogP contribution in [0.2, 0.25) is 0 Å². The smallest absolute Gasteiger partial charge is 0.141 e. The minimum Gasteiger partial charge on any atom is -0.368 e. The molecule has 1 aliphatic rings. The van der Waals surface area contributed by atoms with Gasteiger partial charge in [0.25, 0.3) is 0 Å². The lowest BCUT2D eigenvalue weighted by Crippen LogP contribution is -2.47. The zero-order chi connectivity index (χ0) is 21.5. The van der Waals surface area contributed by atoms with E-state index in [1.807, 2.05) is 19.1 Å². The van der Waals surface area contributed by atoms with E-state index >= 15 is 0 Å². The molecule has 3 heterocycles. The van der Waals surface area contributed by atoms with Gasteiger partial charge in [-0.15, -0.1) is 11.3 Å². The van der Waals surface area contributed by atoms with Crippen LogP contribution in [-0.2, 0) is 0 Å². The molecule has 0 bridgehead atoms. The highest BCUT2D eigenvalue weighted by molar-refractivity contribution is 7.19. The van der Waals surface area contributed by atoms with Crippen molar-refractivity contribution in [3.05, 3.63) is 70.6 Å². The third-order valence-electron chi connectivity index (χ3n) is 5.90. The number of hydrogen-bond acceptors (Lipinski definition) is 5. The molecule has 0 radical (unpaired) electrons. The van der Waals surface area contributed by atoms with Crippen LogP contribution in [0.15, 0.2) is 48.5 Å². The molecule has 5 rings (SSSR count). The molecule has 2 aromatic carbocycles. The second-order valence-corrected chi connectivity index (χ2v) is 9.33. The Kier molecular flexibility index (Phi) is 5.10. The van der Waals surface area contributed by atoms with Crippen LogP contribution in [0.25, 0.3) is 21.3 Å². The van der Waals surface area contributed by atoms with Crippen molar-refractivity contribution in [1.29, 1.82) is 0 Å². The zero-order valence-electron chi connectivity index (χ0n) is 18.0. The third-order valence-corrected chi connectivity index (χ3v) is 6.90. The molecule has 4 aromatic rings. The second kappa shape index (κ2) is 7.93. The number of thiophene rings is 1. The van der Waals surface area contributed by atoms with Gasteiger partial charge < -0.3 is 9.80 Å². The Morgan fingerprint density at radius 3 is 2.29 bits per heavy atom. The first-order valence-corrected chi connectivity index (χ1v) is 11.4. The minimum absolute atomic E-state index is 0.222. The monoisotopic (exact) mass is 432 g/mol. The van der Waals surface area contributed by atoms with Crippen LogP contribution in [0.5, 0.6) is 0 Å². The molecule has 0 spiro atoms. The molecule has 2 aromatic heterocycles. The maximum absolute atomic E-state index is 13.5. The van der Waals surface area contributed by atoms with E-state index in [1.54, 1.807) is 11.3 Å². The summed E-state index contributed by atoms with van der Waals surface area (Å²) in [7, 11) is 0. The Bertz CT molecular complexity index is 1240. The first-order valence-electron chi connectivity index (χ1n) is 10.6. The fourth-order valence-corrected chi connectivity index (χ4v) is 5.48. The van der Waals surface area contributed by atoms with Crippen LogP contribution in [0.1, 0.15) is 16.3 Å². The van der Waals surface area contributed by atoms with Gasteiger partial charge >= 0.3 is 0 Å². The van der Waals surface area contributed by atoms with Crippen LogP contribution in [-0.4, -0.2) is 36.1 Å². The number of nitrogens with zero attached hydrogens (tertiary/aromatic N) is 4. The van der Waals surface area contributed by atoms with Crippen molar-refractivity contribution in [3.63, 3.8) is 0 Å². The first kappa shape index (κ1) is 19.9. The molecule has 1 aliphatic heterocycles. The maximum Gasteiger partial charge on any atom is 0.141 e. The summed E-state index contributed by atoms with van der Waals surface area (Å²) < 4.78 is 13.5. The van der Waals surface area contributed by atoms with Crippen LogP contribution in [0.4, 0.5) is 15.9 Å². The Morgan fingerprint density at radius 1 is 0.871 bits per heavy atom. The lowest BCUT2D eigenvalue weighted by Gasteiger charge is -2.37. The second-order valence-electron chi connectivity index (χ2n) is 8.13. The molecule has 0 unspecified atom stereocenters. The summed E-state index contributed by atoms with van der Waals surface area (Å²) in [6.07, 6.45) is 0. The van der Waals surface area contributed by atoms with Crippen molar-refractivity contribution in [2.45, 2.75) is 20.8 Å². The first-order chi connectivity index (χ1) is 15.0. The van der Waals surface area contributed by atoms with Gasteiger partial charge in [0.2, 0.25) is 0 Å². The molecule has 1 fully saturated rings. The maximum atomic E-state index is 13.5. The van der Waals surface area contributed by atoms with Gasteiger partial charge in [-0.05, 0) is 56.2 Å². The fraction of sp³-hybridized carbons (Fsp3) is 0.280. The van der Waals surface area contributed by atoms with E-state index in [9.17, 15) is 4.39 Å². The number of aromatic nitrogens is 2. The average molecular weight is 433 g/mol. The van der Waals surface area contributed by atoms with Gasteiger partial charge in [0.05, 0.1) is 5.39 Å². The third kappa shape index (κ3) is 3.76. The Morgan fingerprint density at radius 2 is 1.58 bits per heavy atom. The number of anilines is 2. The highest BCUT2D eigenvalue weighted by Gasteiger charge is 2.24. The van der Waals surface area contributed by atoms with E-state index < -0.39 is 0 Å². The number of hydrogen-bond donors (Lipinski definition) is 0. The van der Waals surface area contributed by atoms with E-state index in [0.29, 0.717) is 0 Å². The highest BCUT2D eigenvalue weighted by Crippen LogP contribution is 2.42. The summed E-state index contributed by atoms with van der Waals surface area (Å²) >= 11 is 1.69. The molecule has 0 saturated carbocycles. The Balaban J connectivity index is 1.52. The van der Waals surface area contributed by atoms with Gasteiger partial charge in [-0.3, -0.25) is 0 Å². The van der Waals surface area contributed by atoms with Crippen molar-refractivity contribution in [3.8, 4) is 11.1 Å².